The highest BCUT2D eigenvalue weighted by atomic mass is 19.4. The third-order valence-corrected chi connectivity index (χ3v) is 7.87. The highest BCUT2D eigenvalue weighted by Gasteiger charge is 2.35. The molecule has 0 saturated heterocycles. The van der Waals surface area contributed by atoms with Crippen LogP contribution in [0.1, 0.15) is 49.2 Å². The summed E-state index contributed by atoms with van der Waals surface area (Å²) >= 11 is 0. The smallest absolute Gasteiger partial charge is 0.323 e. The van der Waals surface area contributed by atoms with Crippen LogP contribution in [-0.4, -0.2) is 45.2 Å². The topological polar surface area (TPSA) is 125 Å². The lowest BCUT2D eigenvalue weighted by atomic mass is 9.97. The molecule has 0 radical (unpaired) electrons. The van der Waals surface area contributed by atoms with Gasteiger partial charge in [0.25, 0.3) is 5.56 Å². The first-order chi connectivity index (χ1) is 21.4. The molecule has 11 nitrogen and oxygen atoms in total. The van der Waals surface area contributed by atoms with Crippen molar-refractivity contribution in [2.45, 2.75) is 45.3 Å². The molecule has 0 fully saturated rings. The summed E-state index contributed by atoms with van der Waals surface area (Å²) in [6.45, 7) is 3.52. The summed E-state index contributed by atoms with van der Waals surface area (Å²) < 4.78 is 59.4. The fraction of sp³-hybridized carbons (Fsp3) is 0.300. The van der Waals surface area contributed by atoms with Crippen LogP contribution in [-0.2, 0) is 18.0 Å². The number of alkyl halides is 3. The second-order valence-corrected chi connectivity index (χ2v) is 11.0. The number of carbonyl (C=O) groups is 1. The number of anilines is 1. The molecule has 1 aromatic carbocycles. The van der Waals surface area contributed by atoms with E-state index in [-0.39, 0.29) is 28.8 Å². The normalized spacial score (nSPS) is 17.3. The Kier molecular flexibility index (Phi) is 7.54. The van der Waals surface area contributed by atoms with Crippen molar-refractivity contribution >= 4 is 11.6 Å². The van der Waals surface area contributed by atoms with E-state index in [1.165, 1.54) is 18.5 Å². The van der Waals surface area contributed by atoms with Crippen LogP contribution in [0.4, 0.5) is 23.2 Å². The van der Waals surface area contributed by atoms with Gasteiger partial charge in [0.1, 0.15) is 5.69 Å². The maximum atomic E-state index is 16.1. The number of benzene rings is 1. The molecule has 15 heteroatoms. The maximum absolute atomic E-state index is 16.1. The van der Waals surface area contributed by atoms with Crippen molar-refractivity contribution in [2.75, 3.05) is 5.32 Å². The predicted octanol–water partition coefficient (Wildman–Crippen LogP) is 5.10. The Morgan fingerprint density at radius 3 is 2.62 bits per heavy atom. The molecular formula is C30H27F4N9O2. The van der Waals surface area contributed by atoms with Crippen molar-refractivity contribution in [3.63, 3.8) is 0 Å². The van der Waals surface area contributed by atoms with Gasteiger partial charge in [-0.1, -0.05) is 30.2 Å². The standard InChI is InChI=1S/C30H27F4N9O2/c1-16-7-8-22(43-14-24(39-40-43)30(32,33)34)19(11-16)26-25(31)29(45)42(15-36-26)23-6-4-5-17(2)28(44)38-21-13-37-41(3)27(21)18-9-10-35-20(23)12-18/h7-15,17,23H,4-6H2,1-3H3,(H,38,44)/t17-,23+/m1/s1. The number of hydrogen-bond acceptors (Lipinski definition) is 7. The Labute approximate surface area is 253 Å². The van der Waals surface area contributed by atoms with Gasteiger partial charge in [-0.2, -0.15) is 22.7 Å². The van der Waals surface area contributed by atoms with Crippen molar-refractivity contribution < 1.29 is 22.4 Å². The molecule has 2 atom stereocenters. The van der Waals surface area contributed by atoms with Crippen LogP contribution in [0.15, 0.2) is 60.0 Å². The molecule has 0 unspecified atom stereocenters. The van der Waals surface area contributed by atoms with E-state index in [0.717, 1.165) is 9.25 Å². The molecule has 2 bridgehead atoms. The number of amides is 1. The van der Waals surface area contributed by atoms with E-state index in [1.54, 1.807) is 56.2 Å². The minimum Gasteiger partial charge on any atom is -0.323 e. The average molecular weight is 622 g/mol. The lowest BCUT2D eigenvalue weighted by molar-refractivity contribution is -0.141. The highest BCUT2D eigenvalue weighted by molar-refractivity contribution is 5.95. The van der Waals surface area contributed by atoms with E-state index in [4.69, 9.17) is 0 Å². The molecule has 5 aromatic rings. The number of pyridine rings is 1. The Morgan fingerprint density at radius 2 is 1.87 bits per heavy atom. The molecule has 4 aromatic heterocycles. The molecule has 1 amide bonds. The van der Waals surface area contributed by atoms with Crippen LogP contribution in [0.2, 0.25) is 0 Å². The van der Waals surface area contributed by atoms with Crippen LogP contribution >= 0.6 is 0 Å². The van der Waals surface area contributed by atoms with Gasteiger partial charge in [-0.3, -0.25) is 23.8 Å². The van der Waals surface area contributed by atoms with E-state index >= 15 is 4.39 Å². The molecule has 6 rings (SSSR count). The Balaban J connectivity index is 1.46. The summed E-state index contributed by atoms with van der Waals surface area (Å²) in [6, 6.07) is 7.37. The summed E-state index contributed by atoms with van der Waals surface area (Å²) in [5.41, 5.74) is 0.557. The van der Waals surface area contributed by atoms with Gasteiger partial charge in [0.2, 0.25) is 11.7 Å². The number of fused-ring (bicyclic) bond motifs is 4. The van der Waals surface area contributed by atoms with E-state index in [2.05, 4.69) is 30.7 Å². The van der Waals surface area contributed by atoms with Crippen molar-refractivity contribution in [3.8, 4) is 28.2 Å². The fourth-order valence-corrected chi connectivity index (χ4v) is 5.49. The van der Waals surface area contributed by atoms with Crippen LogP contribution in [0.5, 0.6) is 0 Å². The van der Waals surface area contributed by atoms with E-state index in [9.17, 15) is 22.8 Å². The Hall–Kier alpha value is -5.21. The summed E-state index contributed by atoms with van der Waals surface area (Å²) in [5, 5.41) is 14.0. The SMILES string of the molecule is Cc1ccc(-n2cc(C(F)(F)F)nn2)c(-c2ncn([C@H]3CCC[C@@H](C)C(=O)Nc4cnn(C)c4-c4ccnc3c4)c(=O)c2F)c1. The molecule has 0 spiro atoms. The first kappa shape index (κ1) is 29.8. The van der Waals surface area contributed by atoms with Crippen molar-refractivity contribution in [1.29, 1.82) is 0 Å². The van der Waals surface area contributed by atoms with Gasteiger partial charge in [0.15, 0.2) is 5.69 Å². The zero-order chi connectivity index (χ0) is 32.0. The van der Waals surface area contributed by atoms with Crippen LogP contribution in [0.25, 0.3) is 28.2 Å². The number of rotatable bonds is 3. The van der Waals surface area contributed by atoms with Crippen molar-refractivity contribution in [3.05, 3.63) is 88.4 Å². The third-order valence-electron chi connectivity index (χ3n) is 7.87. The van der Waals surface area contributed by atoms with Gasteiger partial charge >= 0.3 is 6.18 Å². The van der Waals surface area contributed by atoms with Gasteiger partial charge in [0.05, 0.1) is 47.5 Å². The minimum absolute atomic E-state index is 0.0618. The number of aryl methyl sites for hydroxylation is 2. The van der Waals surface area contributed by atoms with Crippen LogP contribution < -0.4 is 10.9 Å². The summed E-state index contributed by atoms with van der Waals surface area (Å²) in [5.74, 6) is -1.72. The lowest BCUT2D eigenvalue weighted by Gasteiger charge is -2.22. The lowest BCUT2D eigenvalue weighted by Crippen LogP contribution is -2.30. The molecule has 232 valence electrons. The van der Waals surface area contributed by atoms with Gasteiger partial charge in [0, 0.05) is 30.3 Å². The van der Waals surface area contributed by atoms with Gasteiger partial charge in [-0.05, 0) is 44.0 Å². The number of aromatic nitrogens is 8. The summed E-state index contributed by atoms with van der Waals surface area (Å²) in [7, 11) is 1.74. The van der Waals surface area contributed by atoms with Crippen LogP contribution in [0, 0.1) is 18.7 Å². The fourth-order valence-electron chi connectivity index (χ4n) is 5.49. The highest BCUT2D eigenvalue weighted by Crippen LogP contribution is 2.34. The van der Waals surface area contributed by atoms with Crippen LogP contribution in [0.3, 0.4) is 0 Å². The largest absolute Gasteiger partial charge is 0.436 e. The van der Waals surface area contributed by atoms with Gasteiger partial charge in [-0.25, -0.2) is 9.67 Å². The quantitative estimate of drug-likeness (QED) is 0.278. The number of nitrogens with one attached hydrogen (secondary N) is 1. The predicted molar refractivity (Wildman–Crippen MR) is 155 cm³/mol. The molecule has 45 heavy (non-hydrogen) atoms. The molecular weight excluding hydrogens is 594 g/mol. The minimum atomic E-state index is -4.73. The number of hydrogen-bond donors (Lipinski definition) is 1. The van der Waals surface area contributed by atoms with E-state index in [1.807, 2.05) is 0 Å². The third kappa shape index (κ3) is 5.60. The second-order valence-electron chi connectivity index (χ2n) is 11.0. The number of halogens is 4. The zero-order valence-corrected chi connectivity index (χ0v) is 24.4. The molecule has 0 saturated carbocycles. The van der Waals surface area contributed by atoms with E-state index < -0.39 is 29.3 Å². The first-order valence-electron chi connectivity index (χ1n) is 14.1. The zero-order valence-electron chi connectivity index (χ0n) is 24.4. The molecule has 5 heterocycles. The van der Waals surface area contributed by atoms with Gasteiger partial charge in [-0.15, -0.1) is 5.10 Å². The number of carbonyl (C=O) groups excluding carboxylic acids is 1. The molecule has 1 N–H and O–H groups in total. The molecule has 1 aliphatic heterocycles. The monoisotopic (exact) mass is 621 g/mol. The maximum Gasteiger partial charge on any atom is 0.436 e. The Morgan fingerprint density at radius 1 is 1.07 bits per heavy atom. The summed E-state index contributed by atoms with van der Waals surface area (Å²) in [4.78, 5) is 35.4. The van der Waals surface area contributed by atoms with E-state index in [0.29, 0.717) is 53.7 Å². The van der Waals surface area contributed by atoms with Gasteiger partial charge < -0.3 is 5.32 Å². The average Bonchev–Trinajstić information content (AvgIpc) is 3.64. The Bertz CT molecular complexity index is 1980. The number of nitrogens with zero attached hydrogens (tertiary/aromatic N) is 8. The van der Waals surface area contributed by atoms with Crippen molar-refractivity contribution in [2.24, 2.45) is 13.0 Å². The first-order valence-corrected chi connectivity index (χ1v) is 14.1. The van der Waals surface area contributed by atoms with Crippen molar-refractivity contribution in [1.82, 2.24) is 39.3 Å². The second kappa shape index (κ2) is 11.4. The molecule has 0 aliphatic carbocycles. The summed E-state index contributed by atoms with van der Waals surface area (Å²) in [6.07, 6.45) is 1.65. The molecule has 1 aliphatic rings.